The second-order valence-corrected chi connectivity index (χ2v) is 10.3. The van der Waals surface area contributed by atoms with E-state index in [1.807, 2.05) is 19.1 Å². The molecular formula is C25H33NO5S. The van der Waals surface area contributed by atoms with Crippen molar-refractivity contribution in [2.75, 3.05) is 32.3 Å². The molecule has 1 aliphatic carbocycles. The highest BCUT2D eigenvalue weighted by Gasteiger charge is 2.44. The van der Waals surface area contributed by atoms with Crippen LogP contribution in [-0.2, 0) is 14.3 Å². The SMILES string of the molecule is CCSCCOC(=O)C1=C(C)NC2=C(C(=O)CC(C)(C)C2)[C@H]1c1ccc(OC)cc1OC. The summed E-state index contributed by atoms with van der Waals surface area (Å²) in [5, 5.41) is 3.36. The molecule has 32 heavy (non-hydrogen) atoms. The molecule has 0 radical (unpaired) electrons. The molecular weight excluding hydrogens is 426 g/mol. The van der Waals surface area contributed by atoms with Crippen molar-refractivity contribution in [2.24, 2.45) is 5.41 Å². The van der Waals surface area contributed by atoms with E-state index in [1.54, 1.807) is 32.0 Å². The maximum absolute atomic E-state index is 13.4. The van der Waals surface area contributed by atoms with E-state index in [1.165, 1.54) is 0 Å². The lowest BCUT2D eigenvalue weighted by Gasteiger charge is -2.39. The summed E-state index contributed by atoms with van der Waals surface area (Å²) in [6.07, 6.45) is 1.16. The standard InChI is InChI=1S/C25H33NO5S/c1-7-32-11-10-31-24(28)21-15(2)26-18-13-25(3,4)14-19(27)23(18)22(21)17-9-8-16(29-5)12-20(17)30-6/h8-9,12,22,26H,7,10-11,13-14H2,1-6H3/t22-/m0/s1. The van der Waals surface area contributed by atoms with Crippen molar-refractivity contribution in [1.29, 1.82) is 0 Å². The lowest BCUT2D eigenvalue weighted by molar-refractivity contribution is -0.138. The van der Waals surface area contributed by atoms with E-state index in [0.29, 0.717) is 41.4 Å². The minimum atomic E-state index is -0.554. The summed E-state index contributed by atoms with van der Waals surface area (Å²) in [6, 6.07) is 5.48. The van der Waals surface area contributed by atoms with Crippen LogP contribution in [0.15, 0.2) is 40.7 Å². The minimum absolute atomic E-state index is 0.0472. The Labute approximate surface area is 194 Å². The highest BCUT2D eigenvalue weighted by Crippen LogP contribution is 2.49. The fourth-order valence-corrected chi connectivity index (χ4v) is 4.98. The van der Waals surface area contributed by atoms with Crippen LogP contribution in [0.5, 0.6) is 11.5 Å². The number of hydrogen-bond donors (Lipinski definition) is 1. The number of ether oxygens (including phenoxy) is 3. The number of thioether (sulfide) groups is 1. The zero-order chi connectivity index (χ0) is 23.5. The molecule has 0 saturated heterocycles. The maximum atomic E-state index is 13.4. The van der Waals surface area contributed by atoms with E-state index >= 15 is 0 Å². The molecule has 1 aromatic carbocycles. The summed E-state index contributed by atoms with van der Waals surface area (Å²) in [5.74, 6) is 2.01. The first-order valence-electron chi connectivity index (χ1n) is 10.9. The normalized spacial score (nSPS) is 19.9. The summed E-state index contributed by atoms with van der Waals surface area (Å²) < 4.78 is 16.6. The molecule has 1 aromatic rings. The zero-order valence-corrected chi connectivity index (χ0v) is 20.6. The van der Waals surface area contributed by atoms with Gasteiger partial charge in [0.1, 0.15) is 18.1 Å². The molecule has 0 amide bonds. The number of esters is 1. The Balaban J connectivity index is 2.11. The third-order valence-electron chi connectivity index (χ3n) is 5.88. The van der Waals surface area contributed by atoms with Crippen LogP contribution in [0.4, 0.5) is 0 Å². The number of carbonyl (C=O) groups is 2. The lowest BCUT2D eigenvalue weighted by atomic mass is 9.68. The number of benzene rings is 1. The van der Waals surface area contributed by atoms with E-state index in [0.717, 1.165) is 29.2 Å². The van der Waals surface area contributed by atoms with Gasteiger partial charge in [-0.2, -0.15) is 11.8 Å². The number of ketones is 1. The molecule has 0 bridgehead atoms. The first-order chi connectivity index (χ1) is 15.2. The molecule has 0 spiro atoms. The van der Waals surface area contributed by atoms with Crippen molar-refractivity contribution >= 4 is 23.5 Å². The van der Waals surface area contributed by atoms with Gasteiger partial charge in [0.15, 0.2) is 5.78 Å². The molecule has 1 aliphatic heterocycles. The van der Waals surface area contributed by atoms with Crippen LogP contribution in [0.3, 0.4) is 0 Å². The van der Waals surface area contributed by atoms with E-state index < -0.39 is 11.9 Å². The van der Waals surface area contributed by atoms with Crippen molar-refractivity contribution in [2.45, 2.75) is 46.5 Å². The van der Waals surface area contributed by atoms with Gasteiger partial charge in [0.2, 0.25) is 0 Å². The monoisotopic (exact) mass is 459 g/mol. The first kappa shape index (κ1) is 24.2. The number of dihydropyridines is 1. The summed E-state index contributed by atoms with van der Waals surface area (Å²) in [4.78, 5) is 26.6. The molecule has 0 saturated carbocycles. The number of hydrogen-bond acceptors (Lipinski definition) is 7. The van der Waals surface area contributed by atoms with E-state index in [2.05, 4.69) is 26.1 Å². The van der Waals surface area contributed by atoms with Gasteiger partial charge < -0.3 is 19.5 Å². The molecule has 7 heteroatoms. The van der Waals surface area contributed by atoms with Crippen molar-refractivity contribution in [3.63, 3.8) is 0 Å². The van der Waals surface area contributed by atoms with Crippen molar-refractivity contribution in [3.05, 3.63) is 46.3 Å². The molecule has 3 rings (SSSR count). The maximum Gasteiger partial charge on any atom is 0.336 e. The van der Waals surface area contributed by atoms with Crippen LogP contribution in [0, 0.1) is 5.41 Å². The average Bonchev–Trinajstić information content (AvgIpc) is 2.74. The largest absolute Gasteiger partial charge is 0.497 e. The molecule has 6 nitrogen and oxygen atoms in total. The summed E-state index contributed by atoms with van der Waals surface area (Å²) in [7, 11) is 3.17. The van der Waals surface area contributed by atoms with Gasteiger partial charge in [-0.05, 0) is 30.6 Å². The molecule has 0 aromatic heterocycles. The van der Waals surface area contributed by atoms with Gasteiger partial charge in [0.05, 0.1) is 25.7 Å². The van der Waals surface area contributed by atoms with Crippen LogP contribution in [0.2, 0.25) is 0 Å². The Morgan fingerprint density at radius 2 is 1.97 bits per heavy atom. The average molecular weight is 460 g/mol. The number of nitrogens with one attached hydrogen (secondary N) is 1. The molecule has 174 valence electrons. The third-order valence-corrected chi connectivity index (χ3v) is 6.74. The van der Waals surface area contributed by atoms with Crippen molar-refractivity contribution in [3.8, 4) is 11.5 Å². The van der Waals surface area contributed by atoms with Crippen LogP contribution in [0.25, 0.3) is 0 Å². The van der Waals surface area contributed by atoms with Crippen molar-refractivity contribution < 1.29 is 23.8 Å². The predicted molar refractivity (Wildman–Crippen MR) is 127 cm³/mol. The highest BCUT2D eigenvalue weighted by molar-refractivity contribution is 7.99. The van der Waals surface area contributed by atoms with Gasteiger partial charge in [0.25, 0.3) is 0 Å². The predicted octanol–water partition coefficient (Wildman–Crippen LogP) is 4.60. The fourth-order valence-electron chi connectivity index (χ4n) is 4.49. The van der Waals surface area contributed by atoms with Gasteiger partial charge in [-0.15, -0.1) is 0 Å². The number of methoxy groups -OCH3 is 2. The molecule has 1 heterocycles. The van der Waals surface area contributed by atoms with Gasteiger partial charge in [0, 0.05) is 40.8 Å². The van der Waals surface area contributed by atoms with Crippen LogP contribution in [0.1, 0.15) is 52.0 Å². The van der Waals surface area contributed by atoms with Gasteiger partial charge in [-0.25, -0.2) is 4.79 Å². The number of allylic oxidation sites excluding steroid dienone is 3. The summed E-state index contributed by atoms with van der Waals surface area (Å²) in [5.41, 5.74) is 3.29. The number of rotatable bonds is 8. The Bertz CT molecular complexity index is 963. The Hall–Kier alpha value is -2.41. The van der Waals surface area contributed by atoms with E-state index in [-0.39, 0.29) is 11.2 Å². The van der Waals surface area contributed by atoms with E-state index in [9.17, 15) is 9.59 Å². The Morgan fingerprint density at radius 3 is 2.62 bits per heavy atom. The van der Waals surface area contributed by atoms with Gasteiger partial charge >= 0.3 is 5.97 Å². The molecule has 0 unspecified atom stereocenters. The third kappa shape index (κ3) is 4.98. The molecule has 2 aliphatic rings. The molecule has 1 atom stereocenters. The highest BCUT2D eigenvalue weighted by atomic mass is 32.2. The fraction of sp³-hybridized carbons (Fsp3) is 0.520. The van der Waals surface area contributed by atoms with Crippen LogP contribution < -0.4 is 14.8 Å². The number of carbonyl (C=O) groups excluding carboxylic acids is 2. The first-order valence-corrected chi connectivity index (χ1v) is 12.1. The zero-order valence-electron chi connectivity index (χ0n) is 19.8. The Morgan fingerprint density at radius 1 is 1.22 bits per heavy atom. The number of Topliss-reactive ketones (excluding diaryl/α,β-unsaturated/α-hetero) is 1. The topological polar surface area (TPSA) is 73.9 Å². The summed E-state index contributed by atoms with van der Waals surface area (Å²) >= 11 is 1.72. The second kappa shape index (κ2) is 10.0. The molecule has 0 fully saturated rings. The Kier molecular flexibility index (Phi) is 7.59. The lowest BCUT2D eigenvalue weighted by Crippen LogP contribution is -2.38. The van der Waals surface area contributed by atoms with Gasteiger partial charge in [-0.1, -0.05) is 26.8 Å². The quantitative estimate of drug-likeness (QED) is 0.450. The smallest absolute Gasteiger partial charge is 0.336 e. The van der Waals surface area contributed by atoms with Crippen LogP contribution in [-0.4, -0.2) is 44.1 Å². The van der Waals surface area contributed by atoms with Crippen molar-refractivity contribution in [1.82, 2.24) is 5.32 Å². The van der Waals surface area contributed by atoms with E-state index in [4.69, 9.17) is 14.2 Å². The second-order valence-electron chi connectivity index (χ2n) is 8.87. The summed E-state index contributed by atoms with van der Waals surface area (Å²) in [6.45, 7) is 8.45. The minimum Gasteiger partial charge on any atom is -0.497 e. The van der Waals surface area contributed by atoms with Gasteiger partial charge in [-0.3, -0.25) is 4.79 Å². The molecule has 1 N–H and O–H groups in total. The van der Waals surface area contributed by atoms with Crippen LogP contribution >= 0.6 is 11.8 Å².